The van der Waals surface area contributed by atoms with Crippen LogP contribution in [0.1, 0.15) is 5.69 Å². The van der Waals surface area contributed by atoms with Crippen LogP contribution < -0.4 is 0 Å². The highest BCUT2D eigenvalue weighted by atomic mass is 14.6. The smallest absolute Gasteiger partial charge is 0.0372 e. The van der Waals surface area contributed by atoms with Crippen LogP contribution in [0.15, 0.2) is 24.4 Å². The average molecular weight is 119 g/mol. The Labute approximate surface area is 55.8 Å². The van der Waals surface area contributed by atoms with Gasteiger partial charge in [0.05, 0.1) is 0 Å². The largest absolute Gasteiger partial charge is 0.262 e. The Morgan fingerprint density at radius 1 is 1.33 bits per heavy atom. The van der Waals surface area contributed by atoms with Gasteiger partial charge in [-0.05, 0) is 19.1 Å². The van der Waals surface area contributed by atoms with Gasteiger partial charge in [0, 0.05) is 11.9 Å². The van der Waals surface area contributed by atoms with Crippen molar-refractivity contribution >= 4 is 0 Å². The standard InChI is InChI=1S/C6H7N.C2H2/c1-6-4-2-3-5-7-6;1-2/h2-5H,1H3;1-2H. The molecule has 1 heteroatoms. The zero-order chi connectivity index (χ0) is 7.11. The molecule has 0 aliphatic carbocycles. The number of hydrogen-bond acceptors (Lipinski definition) is 1. The lowest BCUT2D eigenvalue weighted by Gasteiger charge is -1.82. The molecule has 1 aromatic rings. The summed E-state index contributed by atoms with van der Waals surface area (Å²) < 4.78 is 0. The van der Waals surface area contributed by atoms with Crippen LogP contribution in [0, 0.1) is 19.8 Å². The van der Waals surface area contributed by atoms with E-state index in [0.29, 0.717) is 0 Å². The lowest BCUT2D eigenvalue weighted by molar-refractivity contribution is 1.20. The van der Waals surface area contributed by atoms with Gasteiger partial charge in [-0.1, -0.05) is 6.07 Å². The fraction of sp³-hybridized carbons (Fsp3) is 0.125. The molecule has 0 bridgehead atoms. The minimum atomic E-state index is 1.07. The summed E-state index contributed by atoms with van der Waals surface area (Å²) in [4.78, 5) is 3.98. The molecule has 0 aliphatic rings. The molecule has 1 rings (SSSR count). The van der Waals surface area contributed by atoms with E-state index >= 15 is 0 Å². The first kappa shape index (κ1) is 7.71. The van der Waals surface area contributed by atoms with Crippen molar-refractivity contribution in [3.8, 4) is 12.8 Å². The third kappa shape index (κ3) is 3.31. The van der Waals surface area contributed by atoms with Gasteiger partial charge in [0.15, 0.2) is 0 Å². The number of terminal acetylenes is 1. The van der Waals surface area contributed by atoms with Crippen LogP contribution in [0.3, 0.4) is 0 Å². The van der Waals surface area contributed by atoms with Gasteiger partial charge >= 0.3 is 0 Å². The Morgan fingerprint density at radius 2 is 2.00 bits per heavy atom. The number of hydrogen-bond donors (Lipinski definition) is 0. The summed E-state index contributed by atoms with van der Waals surface area (Å²) >= 11 is 0. The fourth-order valence-electron chi connectivity index (χ4n) is 0.448. The predicted octanol–water partition coefficient (Wildman–Crippen LogP) is 1.64. The van der Waals surface area contributed by atoms with E-state index in [9.17, 15) is 0 Å². The van der Waals surface area contributed by atoms with Gasteiger partial charge in [-0.15, -0.1) is 12.8 Å². The number of pyridine rings is 1. The predicted molar refractivity (Wildman–Crippen MR) is 38.9 cm³/mol. The Morgan fingerprint density at radius 3 is 2.22 bits per heavy atom. The molecule has 0 fully saturated rings. The van der Waals surface area contributed by atoms with Gasteiger partial charge < -0.3 is 0 Å². The lowest BCUT2D eigenvalue weighted by atomic mass is 10.4. The second-order valence-corrected chi connectivity index (χ2v) is 1.47. The molecule has 0 N–H and O–H groups in total. The fourth-order valence-corrected chi connectivity index (χ4v) is 0.448. The minimum absolute atomic E-state index is 1.07. The molecule has 0 unspecified atom stereocenters. The quantitative estimate of drug-likeness (QED) is 0.473. The van der Waals surface area contributed by atoms with Gasteiger partial charge in [-0.3, -0.25) is 4.98 Å². The maximum atomic E-state index is 4.00. The van der Waals surface area contributed by atoms with Gasteiger partial charge in [-0.2, -0.15) is 0 Å². The van der Waals surface area contributed by atoms with Gasteiger partial charge in [0.2, 0.25) is 0 Å². The van der Waals surface area contributed by atoms with E-state index in [1.807, 2.05) is 25.1 Å². The molecule has 46 valence electrons. The molecule has 1 nitrogen and oxygen atoms in total. The second-order valence-electron chi connectivity index (χ2n) is 1.47. The van der Waals surface area contributed by atoms with E-state index in [0.717, 1.165) is 5.69 Å². The van der Waals surface area contributed by atoms with Crippen LogP contribution in [0.4, 0.5) is 0 Å². The zero-order valence-corrected chi connectivity index (χ0v) is 5.41. The van der Waals surface area contributed by atoms with E-state index in [1.165, 1.54) is 0 Å². The summed E-state index contributed by atoms with van der Waals surface area (Å²) in [5, 5.41) is 0. The SMILES string of the molecule is C#C.Cc1ccccn1. The Balaban J connectivity index is 0.000000291. The van der Waals surface area contributed by atoms with Crippen LogP contribution in [0.25, 0.3) is 0 Å². The average Bonchev–Trinajstić information content (AvgIpc) is 1.94. The first-order valence-corrected chi connectivity index (χ1v) is 2.60. The third-order valence-corrected chi connectivity index (χ3v) is 0.813. The molecule has 0 atom stereocenters. The highest BCUT2D eigenvalue weighted by Gasteiger charge is 1.73. The van der Waals surface area contributed by atoms with Gasteiger partial charge in [0.25, 0.3) is 0 Å². The molecule has 0 aliphatic heterocycles. The topological polar surface area (TPSA) is 12.9 Å². The number of aromatic nitrogens is 1. The molecule has 0 aromatic carbocycles. The maximum Gasteiger partial charge on any atom is 0.0372 e. The number of aryl methyl sites for hydroxylation is 1. The van der Waals surface area contributed by atoms with Gasteiger partial charge in [-0.25, -0.2) is 0 Å². The molecular weight excluding hydrogens is 110 g/mol. The van der Waals surface area contributed by atoms with Crippen LogP contribution in [-0.2, 0) is 0 Å². The van der Waals surface area contributed by atoms with Crippen LogP contribution in [0.2, 0.25) is 0 Å². The van der Waals surface area contributed by atoms with E-state index in [4.69, 9.17) is 0 Å². The molecule has 0 saturated heterocycles. The first-order chi connectivity index (χ1) is 4.39. The first-order valence-electron chi connectivity index (χ1n) is 2.60. The van der Waals surface area contributed by atoms with Crippen molar-refractivity contribution in [1.29, 1.82) is 0 Å². The monoisotopic (exact) mass is 119 g/mol. The summed E-state index contributed by atoms with van der Waals surface area (Å²) in [5.41, 5.74) is 1.07. The Hall–Kier alpha value is -1.29. The molecule has 9 heavy (non-hydrogen) atoms. The van der Waals surface area contributed by atoms with Crippen molar-refractivity contribution in [3.05, 3.63) is 30.1 Å². The number of nitrogens with zero attached hydrogens (tertiary/aromatic N) is 1. The van der Waals surface area contributed by atoms with Crippen molar-refractivity contribution < 1.29 is 0 Å². The van der Waals surface area contributed by atoms with Crippen molar-refractivity contribution in [2.24, 2.45) is 0 Å². The highest BCUT2D eigenvalue weighted by molar-refractivity contribution is 4.99. The van der Waals surface area contributed by atoms with Crippen molar-refractivity contribution in [2.75, 3.05) is 0 Å². The van der Waals surface area contributed by atoms with E-state index < -0.39 is 0 Å². The normalized spacial score (nSPS) is 7.00. The van der Waals surface area contributed by atoms with E-state index in [2.05, 4.69) is 17.8 Å². The Kier molecular flexibility index (Phi) is 4.16. The summed E-state index contributed by atoms with van der Waals surface area (Å²) in [5.74, 6) is 0. The molecule has 0 saturated carbocycles. The molecule has 0 amide bonds. The third-order valence-electron chi connectivity index (χ3n) is 0.813. The molecule has 0 spiro atoms. The van der Waals surface area contributed by atoms with E-state index in [-0.39, 0.29) is 0 Å². The zero-order valence-electron chi connectivity index (χ0n) is 5.41. The number of rotatable bonds is 0. The highest BCUT2D eigenvalue weighted by Crippen LogP contribution is 1.85. The van der Waals surface area contributed by atoms with Crippen molar-refractivity contribution in [3.63, 3.8) is 0 Å². The lowest BCUT2D eigenvalue weighted by Crippen LogP contribution is -1.72. The van der Waals surface area contributed by atoms with Crippen LogP contribution >= 0.6 is 0 Å². The molecule has 1 aromatic heterocycles. The maximum absolute atomic E-state index is 4.00. The summed E-state index contributed by atoms with van der Waals surface area (Å²) in [6, 6.07) is 5.86. The van der Waals surface area contributed by atoms with Crippen LogP contribution in [-0.4, -0.2) is 4.98 Å². The minimum Gasteiger partial charge on any atom is -0.262 e. The second kappa shape index (κ2) is 4.86. The van der Waals surface area contributed by atoms with E-state index in [1.54, 1.807) is 6.20 Å². The molecular formula is C8H9N. The Bertz CT molecular complexity index is 164. The van der Waals surface area contributed by atoms with Gasteiger partial charge in [0.1, 0.15) is 0 Å². The molecule has 1 heterocycles. The summed E-state index contributed by atoms with van der Waals surface area (Å²) in [6.07, 6.45) is 9.79. The van der Waals surface area contributed by atoms with Crippen molar-refractivity contribution in [1.82, 2.24) is 4.98 Å². The summed E-state index contributed by atoms with van der Waals surface area (Å²) in [6.45, 7) is 1.97. The molecule has 0 radical (unpaired) electrons. The van der Waals surface area contributed by atoms with Crippen LogP contribution in [0.5, 0.6) is 0 Å². The summed E-state index contributed by atoms with van der Waals surface area (Å²) in [7, 11) is 0. The van der Waals surface area contributed by atoms with Crippen molar-refractivity contribution in [2.45, 2.75) is 6.92 Å².